The number of ketones is 2. The van der Waals surface area contributed by atoms with E-state index in [1.54, 1.807) is 0 Å². The lowest BCUT2D eigenvalue weighted by atomic mass is 10.0. The Morgan fingerprint density at radius 2 is 1.63 bits per heavy atom. The molecule has 2 rings (SSSR count). The lowest BCUT2D eigenvalue weighted by molar-refractivity contribution is -0.134. The Balaban J connectivity index is 2.30. The molecule has 0 saturated heterocycles. The molecule has 0 saturated carbocycles. The molecule has 0 fully saturated rings. The smallest absolute Gasteiger partial charge is 0.339 e. The number of carboxylic acid groups (broad SMARTS) is 1. The number of imide groups is 1. The number of nitrogens with zero attached hydrogens (tertiary/aromatic N) is 1. The number of Topliss-reactive ketones (excluding diaryl/α,β-unsaturated/α-hetero) is 2. The van der Waals surface area contributed by atoms with Gasteiger partial charge in [-0.2, -0.15) is 0 Å². The van der Waals surface area contributed by atoms with Crippen molar-refractivity contribution in [2.75, 3.05) is 11.5 Å². The summed E-state index contributed by atoms with van der Waals surface area (Å²) in [6.45, 7) is 7.16. The first-order valence-electron chi connectivity index (χ1n) is 8.81. The normalized spacial score (nSPS) is 13.5. The van der Waals surface area contributed by atoms with Crippen LogP contribution in [-0.4, -0.2) is 47.0 Å². The number of benzene rings is 1. The van der Waals surface area contributed by atoms with Gasteiger partial charge in [0.25, 0.3) is 11.8 Å². The molecule has 1 heterocycles. The van der Waals surface area contributed by atoms with E-state index in [1.807, 2.05) is 0 Å². The monoisotopic (exact) mass is 413 g/mol. The molecular weight excluding hydrogens is 394 g/mol. The lowest BCUT2D eigenvalue weighted by Gasteiger charge is -2.19. The zero-order valence-corrected chi connectivity index (χ0v) is 16.6. The van der Waals surface area contributed by atoms with Gasteiger partial charge >= 0.3 is 11.9 Å². The molecule has 30 heavy (non-hydrogen) atoms. The van der Waals surface area contributed by atoms with Crippen LogP contribution < -0.4 is 4.90 Å². The van der Waals surface area contributed by atoms with Crippen LogP contribution in [0.3, 0.4) is 0 Å². The number of esters is 1. The average Bonchev–Trinajstić information content (AvgIpc) is 2.89. The standard InChI is InChI=1S/C21H19NO8/c1-10(2)17(24)15(23)8-9-30-21(29)13-6-5-7-14(16(13)20(27)28)22-18(25)11(3)12(4)19(22)26/h5-7H,1,8-9H2,2-4H3,(H,27,28). The van der Waals surface area contributed by atoms with Crippen molar-refractivity contribution >= 4 is 41.0 Å². The van der Waals surface area contributed by atoms with Gasteiger partial charge in [0.15, 0.2) is 0 Å². The van der Waals surface area contributed by atoms with E-state index < -0.39 is 59.5 Å². The van der Waals surface area contributed by atoms with Crippen LogP contribution in [0.2, 0.25) is 0 Å². The molecule has 1 aromatic rings. The third-order valence-corrected chi connectivity index (χ3v) is 4.53. The van der Waals surface area contributed by atoms with Gasteiger partial charge in [-0.25, -0.2) is 14.5 Å². The number of amides is 2. The number of aromatic carboxylic acids is 1. The predicted octanol–water partition coefficient (Wildman–Crippen LogP) is 1.86. The van der Waals surface area contributed by atoms with E-state index in [-0.39, 0.29) is 22.4 Å². The van der Waals surface area contributed by atoms with Gasteiger partial charge in [-0.3, -0.25) is 19.2 Å². The molecule has 0 aromatic heterocycles. The number of rotatable bonds is 8. The first-order valence-corrected chi connectivity index (χ1v) is 8.81. The van der Waals surface area contributed by atoms with Crippen LogP contribution in [0, 0.1) is 0 Å². The Morgan fingerprint density at radius 3 is 2.13 bits per heavy atom. The summed E-state index contributed by atoms with van der Waals surface area (Å²) < 4.78 is 4.93. The highest BCUT2D eigenvalue weighted by Crippen LogP contribution is 2.31. The van der Waals surface area contributed by atoms with Gasteiger partial charge in [-0.1, -0.05) is 12.6 Å². The summed E-state index contributed by atoms with van der Waals surface area (Å²) in [5.41, 5.74) is -0.865. The maximum atomic E-state index is 12.4. The summed E-state index contributed by atoms with van der Waals surface area (Å²) in [5.74, 6) is -5.58. The lowest BCUT2D eigenvalue weighted by Crippen LogP contribution is -2.33. The molecule has 0 spiro atoms. The minimum absolute atomic E-state index is 0.0475. The van der Waals surface area contributed by atoms with E-state index in [9.17, 15) is 33.9 Å². The molecule has 1 aliphatic heterocycles. The maximum absolute atomic E-state index is 12.4. The third kappa shape index (κ3) is 4.09. The number of carboxylic acids is 1. The fraction of sp³-hybridized carbons (Fsp3) is 0.238. The topological polar surface area (TPSA) is 135 Å². The molecule has 1 aliphatic rings. The van der Waals surface area contributed by atoms with Gasteiger partial charge in [-0.05, 0) is 38.5 Å². The van der Waals surface area contributed by atoms with E-state index in [0.717, 1.165) is 6.07 Å². The van der Waals surface area contributed by atoms with Crippen molar-refractivity contribution in [2.24, 2.45) is 0 Å². The average molecular weight is 413 g/mol. The van der Waals surface area contributed by atoms with E-state index in [1.165, 1.54) is 32.9 Å². The van der Waals surface area contributed by atoms with Gasteiger partial charge < -0.3 is 9.84 Å². The minimum atomic E-state index is -1.55. The Bertz CT molecular complexity index is 1020. The highest BCUT2D eigenvalue weighted by atomic mass is 16.5. The second kappa shape index (κ2) is 8.64. The molecule has 9 heteroatoms. The van der Waals surface area contributed by atoms with Crippen molar-refractivity contribution in [3.8, 4) is 0 Å². The van der Waals surface area contributed by atoms with Crippen LogP contribution in [0.15, 0.2) is 41.5 Å². The third-order valence-electron chi connectivity index (χ3n) is 4.53. The van der Waals surface area contributed by atoms with Gasteiger partial charge in [0.1, 0.15) is 0 Å². The second-order valence-corrected chi connectivity index (χ2v) is 6.62. The van der Waals surface area contributed by atoms with Crippen LogP contribution >= 0.6 is 0 Å². The molecule has 2 amide bonds. The van der Waals surface area contributed by atoms with Crippen LogP contribution in [0.1, 0.15) is 47.9 Å². The summed E-state index contributed by atoms with van der Waals surface area (Å²) in [6.07, 6.45) is -0.398. The number of carbonyl (C=O) groups excluding carboxylic acids is 5. The van der Waals surface area contributed by atoms with Crippen molar-refractivity contribution in [3.05, 3.63) is 52.6 Å². The summed E-state index contributed by atoms with van der Waals surface area (Å²) in [6, 6.07) is 3.70. The number of anilines is 1. The minimum Gasteiger partial charge on any atom is -0.478 e. The van der Waals surface area contributed by atoms with E-state index in [0.29, 0.717) is 4.90 Å². The number of hydrogen-bond acceptors (Lipinski definition) is 7. The van der Waals surface area contributed by atoms with Crippen LogP contribution in [0.4, 0.5) is 5.69 Å². The van der Waals surface area contributed by atoms with Crippen molar-refractivity contribution in [1.82, 2.24) is 0 Å². The molecule has 0 radical (unpaired) electrons. The fourth-order valence-corrected chi connectivity index (χ4v) is 2.75. The molecule has 1 N–H and O–H groups in total. The van der Waals surface area contributed by atoms with Crippen LogP contribution in [0.25, 0.3) is 0 Å². The SMILES string of the molecule is C=C(C)C(=O)C(=O)CCOC(=O)c1cccc(N2C(=O)C(C)=C(C)C2=O)c1C(=O)O. The second-order valence-electron chi connectivity index (χ2n) is 6.62. The zero-order chi connectivity index (χ0) is 22.7. The van der Waals surface area contributed by atoms with E-state index in [4.69, 9.17) is 4.74 Å². The fourth-order valence-electron chi connectivity index (χ4n) is 2.75. The first-order chi connectivity index (χ1) is 14.0. The Hall–Kier alpha value is -3.88. The molecule has 0 aliphatic carbocycles. The number of hydrogen-bond donors (Lipinski definition) is 1. The Kier molecular flexibility index (Phi) is 6.46. The van der Waals surface area contributed by atoms with Gasteiger partial charge in [0.05, 0.1) is 23.4 Å². The molecular formula is C21H19NO8. The van der Waals surface area contributed by atoms with Gasteiger partial charge in [-0.15, -0.1) is 0 Å². The van der Waals surface area contributed by atoms with Crippen molar-refractivity contribution in [2.45, 2.75) is 27.2 Å². The summed E-state index contributed by atoms with van der Waals surface area (Å²) >= 11 is 0. The van der Waals surface area contributed by atoms with Crippen molar-refractivity contribution in [1.29, 1.82) is 0 Å². The molecule has 156 valence electrons. The Morgan fingerprint density at radius 1 is 1.07 bits per heavy atom. The summed E-state index contributed by atoms with van der Waals surface area (Å²) in [7, 11) is 0. The van der Waals surface area contributed by atoms with Crippen molar-refractivity contribution < 1.29 is 38.6 Å². The maximum Gasteiger partial charge on any atom is 0.339 e. The predicted molar refractivity (Wildman–Crippen MR) is 104 cm³/mol. The zero-order valence-electron chi connectivity index (χ0n) is 16.6. The number of carbonyl (C=O) groups is 6. The molecule has 1 aromatic carbocycles. The molecule has 0 bridgehead atoms. The van der Waals surface area contributed by atoms with Crippen molar-refractivity contribution in [3.63, 3.8) is 0 Å². The Labute approximate surface area is 171 Å². The molecule has 9 nitrogen and oxygen atoms in total. The highest BCUT2D eigenvalue weighted by molar-refractivity contribution is 6.43. The molecule has 0 atom stereocenters. The number of allylic oxidation sites excluding steroid dienone is 1. The van der Waals surface area contributed by atoms with Gasteiger partial charge in [0.2, 0.25) is 11.6 Å². The molecule has 0 unspecified atom stereocenters. The number of ether oxygens (including phenoxy) is 1. The van der Waals surface area contributed by atoms with Crippen LogP contribution in [-0.2, 0) is 23.9 Å². The first kappa shape index (κ1) is 22.4. The van der Waals surface area contributed by atoms with Gasteiger partial charge in [0, 0.05) is 17.6 Å². The van der Waals surface area contributed by atoms with E-state index in [2.05, 4.69) is 6.58 Å². The summed E-state index contributed by atoms with van der Waals surface area (Å²) in [5, 5.41) is 9.63. The summed E-state index contributed by atoms with van der Waals surface area (Å²) in [4.78, 5) is 72.9. The van der Waals surface area contributed by atoms with Crippen LogP contribution in [0.5, 0.6) is 0 Å². The highest BCUT2D eigenvalue weighted by Gasteiger charge is 2.38. The largest absolute Gasteiger partial charge is 0.478 e. The quantitative estimate of drug-likeness (QED) is 0.295. The van der Waals surface area contributed by atoms with E-state index >= 15 is 0 Å².